The second-order valence-corrected chi connectivity index (χ2v) is 11.7. The van der Waals surface area contributed by atoms with Crippen LogP contribution in [0.2, 0.25) is 0 Å². The van der Waals surface area contributed by atoms with Gasteiger partial charge in [-0.25, -0.2) is 16.8 Å². The summed E-state index contributed by atoms with van der Waals surface area (Å²) >= 11 is 3.29. The average molecular weight is 552 g/mol. The Hall–Kier alpha value is -2.89. The minimum atomic E-state index is -3.82. The number of carbonyl (C=O) groups is 1. The van der Waals surface area contributed by atoms with Crippen molar-refractivity contribution >= 4 is 58.9 Å². The summed E-state index contributed by atoms with van der Waals surface area (Å²) in [6, 6.07) is 19.5. The molecule has 33 heavy (non-hydrogen) atoms. The number of nitrogens with zero attached hydrogens (tertiary/aromatic N) is 1. The number of anilines is 3. The Morgan fingerprint density at radius 3 is 1.94 bits per heavy atom. The highest BCUT2D eigenvalue weighted by Crippen LogP contribution is 2.23. The van der Waals surface area contributed by atoms with E-state index in [1.165, 1.54) is 31.2 Å². The third-order valence-electron chi connectivity index (χ3n) is 4.63. The molecule has 3 aromatic rings. The van der Waals surface area contributed by atoms with E-state index in [1.54, 1.807) is 54.6 Å². The van der Waals surface area contributed by atoms with E-state index < -0.39 is 32.0 Å². The lowest BCUT2D eigenvalue weighted by molar-refractivity contribution is -0.116. The lowest BCUT2D eigenvalue weighted by Gasteiger charge is -2.28. The predicted octanol–water partition coefficient (Wildman–Crippen LogP) is 4.04. The summed E-state index contributed by atoms with van der Waals surface area (Å²) in [5.74, 6) is -0.562. The third kappa shape index (κ3) is 6.34. The quantitative estimate of drug-likeness (QED) is 0.438. The molecule has 11 heteroatoms. The Bertz CT molecular complexity index is 1330. The van der Waals surface area contributed by atoms with E-state index in [1.807, 2.05) is 0 Å². The van der Waals surface area contributed by atoms with Crippen molar-refractivity contribution in [3.63, 3.8) is 0 Å². The van der Waals surface area contributed by atoms with Gasteiger partial charge in [0.1, 0.15) is 6.04 Å². The topological polar surface area (TPSA) is 113 Å². The van der Waals surface area contributed by atoms with E-state index in [0.29, 0.717) is 17.1 Å². The SMILES string of the molecule is C[C@H](C(=O)Nc1ccc(S(=O)(=O)Nc2ccc(Br)cc2)cc1)N(c1ccccc1)S(C)(=O)=O. The van der Waals surface area contributed by atoms with Crippen LogP contribution in [0.15, 0.2) is 88.2 Å². The molecule has 0 spiro atoms. The molecule has 174 valence electrons. The fourth-order valence-electron chi connectivity index (χ4n) is 3.08. The van der Waals surface area contributed by atoms with E-state index in [4.69, 9.17) is 0 Å². The van der Waals surface area contributed by atoms with Gasteiger partial charge in [-0.1, -0.05) is 34.1 Å². The molecule has 3 aromatic carbocycles. The summed E-state index contributed by atoms with van der Waals surface area (Å²) in [5.41, 5.74) is 1.10. The van der Waals surface area contributed by atoms with Crippen molar-refractivity contribution in [3.05, 3.63) is 83.3 Å². The first-order chi connectivity index (χ1) is 15.5. The second-order valence-electron chi connectivity index (χ2n) is 7.20. The molecule has 0 aliphatic rings. The fourth-order valence-corrected chi connectivity index (χ4v) is 5.58. The first-order valence-electron chi connectivity index (χ1n) is 9.71. The van der Waals surface area contributed by atoms with Crippen molar-refractivity contribution in [1.29, 1.82) is 0 Å². The van der Waals surface area contributed by atoms with Crippen LogP contribution in [0.1, 0.15) is 6.92 Å². The number of rotatable bonds is 8. The molecule has 1 amide bonds. The van der Waals surface area contributed by atoms with Gasteiger partial charge in [-0.2, -0.15) is 0 Å². The van der Waals surface area contributed by atoms with E-state index in [2.05, 4.69) is 26.0 Å². The molecule has 0 radical (unpaired) electrons. The molecule has 8 nitrogen and oxygen atoms in total. The number of para-hydroxylation sites is 1. The van der Waals surface area contributed by atoms with Gasteiger partial charge in [-0.3, -0.25) is 13.8 Å². The minimum absolute atomic E-state index is 0.0125. The van der Waals surface area contributed by atoms with Crippen LogP contribution >= 0.6 is 15.9 Å². The number of hydrogen-bond donors (Lipinski definition) is 2. The predicted molar refractivity (Wildman–Crippen MR) is 133 cm³/mol. The zero-order valence-corrected chi connectivity index (χ0v) is 21.0. The first-order valence-corrected chi connectivity index (χ1v) is 13.8. The molecular weight excluding hydrogens is 530 g/mol. The van der Waals surface area contributed by atoms with Crippen LogP contribution in [-0.2, 0) is 24.8 Å². The van der Waals surface area contributed by atoms with Crippen LogP contribution in [0, 0.1) is 0 Å². The number of amides is 1. The molecule has 0 bridgehead atoms. The van der Waals surface area contributed by atoms with Crippen molar-refractivity contribution in [2.75, 3.05) is 20.6 Å². The molecular formula is C22H22BrN3O5S2. The largest absolute Gasteiger partial charge is 0.324 e. The van der Waals surface area contributed by atoms with Crippen LogP contribution in [0.4, 0.5) is 17.1 Å². The van der Waals surface area contributed by atoms with E-state index in [-0.39, 0.29) is 4.90 Å². The van der Waals surface area contributed by atoms with Crippen LogP contribution in [0.25, 0.3) is 0 Å². The molecule has 0 aliphatic heterocycles. The second kappa shape index (κ2) is 9.94. The molecule has 2 N–H and O–H groups in total. The Balaban J connectivity index is 1.74. The molecule has 0 fully saturated rings. The molecule has 0 unspecified atom stereocenters. The van der Waals surface area contributed by atoms with Gasteiger partial charge in [0.15, 0.2) is 0 Å². The van der Waals surface area contributed by atoms with Crippen molar-refractivity contribution in [2.45, 2.75) is 17.9 Å². The van der Waals surface area contributed by atoms with Gasteiger partial charge in [0.2, 0.25) is 15.9 Å². The summed E-state index contributed by atoms with van der Waals surface area (Å²) < 4.78 is 54.2. The number of carbonyl (C=O) groups excluding carboxylic acids is 1. The zero-order valence-electron chi connectivity index (χ0n) is 17.8. The molecule has 1 atom stereocenters. The van der Waals surface area contributed by atoms with Gasteiger partial charge >= 0.3 is 0 Å². The van der Waals surface area contributed by atoms with Gasteiger partial charge < -0.3 is 5.32 Å². The van der Waals surface area contributed by atoms with E-state index in [9.17, 15) is 21.6 Å². The summed E-state index contributed by atoms with van der Waals surface area (Å²) in [4.78, 5) is 12.8. The molecule has 0 heterocycles. The van der Waals surface area contributed by atoms with Gasteiger partial charge in [-0.05, 0) is 67.6 Å². The van der Waals surface area contributed by atoms with E-state index in [0.717, 1.165) is 15.0 Å². The van der Waals surface area contributed by atoms with Crippen molar-refractivity contribution in [1.82, 2.24) is 0 Å². The Morgan fingerprint density at radius 1 is 0.848 bits per heavy atom. The Labute approximate surface area is 201 Å². The van der Waals surface area contributed by atoms with Crippen LogP contribution in [0.5, 0.6) is 0 Å². The zero-order chi connectivity index (χ0) is 24.2. The Kier molecular flexibility index (Phi) is 7.45. The number of benzene rings is 3. The van der Waals surface area contributed by atoms with Crippen LogP contribution < -0.4 is 14.3 Å². The van der Waals surface area contributed by atoms with Gasteiger partial charge in [-0.15, -0.1) is 0 Å². The van der Waals surface area contributed by atoms with Crippen molar-refractivity contribution in [3.8, 4) is 0 Å². The number of hydrogen-bond acceptors (Lipinski definition) is 5. The molecule has 3 rings (SSSR count). The maximum absolute atomic E-state index is 12.8. The van der Waals surface area contributed by atoms with Gasteiger partial charge in [0.25, 0.3) is 10.0 Å². The molecule has 0 saturated carbocycles. The van der Waals surface area contributed by atoms with Crippen LogP contribution in [0.3, 0.4) is 0 Å². The highest BCUT2D eigenvalue weighted by atomic mass is 79.9. The highest BCUT2D eigenvalue weighted by Gasteiger charge is 2.29. The first kappa shape index (κ1) is 24.7. The van der Waals surface area contributed by atoms with Crippen molar-refractivity contribution in [2.24, 2.45) is 0 Å². The Morgan fingerprint density at radius 2 is 1.39 bits per heavy atom. The summed E-state index contributed by atoms with van der Waals surface area (Å²) in [7, 11) is -7.55. The lowest BCUT2D eigenvalue weighted by atomic mass is 10.2. The summed E-state index contributed by atoms with van der Waals surface area (Å²) in [5, 5.41) is 2.63. The minimum Gasteiger partial charge on any atom is -0.324 e. The normalized spacial score (nSPS) is 12.6. The monoisotopic (exact) mass is 551 g/mol. The third-order valence-corrected chi connectivity index (χ3v) is 7.80. The number of halogens is 1. The molecule has 0 saturated heterocycles. The highest BCUT2D eigenvalue weighted by molar-refractivity contribution is 9.10. The van der Waals surface area contributed by atoms with Crippen molar-refractivity contribution < 1.29 is 21.6 Å². The maximum Gasteiger partial charge on any atom is 0.261 e. The molecule has 0 aliphatic carbocycles. The summed E-state index contributed by atoms with van der Waals surface area (Å²) in [6.45, 7) is 1.48. The number of sulfonamides is 2. The lowest BCUT2D eigenvalue weighted by Crippen LogP contribution is -2.45. The van der Waals surface area contributed by atoms with Crippen LogP contribution in [-0.4, -0.2) is 35.0 Å². The van der Waals surface area contributed by atoms with Gasteiger partial charge in [0, 0.05) is 15.8 Å². The fraction of sp³-hybridized carbons (Fsp3) is 0.136. The molecule has 0 aromatic heterocycles. The van der Waals surface area contributed by atoms with E-state index >= 15 is 0 Å². The maximum atomic E-state index is 12.8. The van der Waals surface area contributed by atoms with Gasteiger partial charge in [0.05, 0.1) is 16.8 Å². The average Bonchev–Trinajstić information content (AvgIpc) is 2.75. The standard InChI is InChI=1S/C22H22BrN3O5S2/c1-16(26(32(2,28)29)20-6-4-3-5-7-20)22(27)24-18-12-14-21(15-13-18)33(30,31)25-19-10-8-17(23)9-11-19/h3-16,25H,1-2H3,(H,24,27)/t16-/m1/s1. The summed E-state index contributed by atoms with van der Waals surface area (Å²) in [6.07, 6.45) is 1.03. The number of nitrogens with one attached hydrogen (secondary N) is 2. The smallest absolute Gasteiger partial charge is 0.261 e.